The molecule has 0 radical (unpaired) electrons. The van der Waals surface area contributed by atoms with Gasteiger partial charge < -0.3 is 4.74 Å². The van der Waals surface area contributed by atoms with Gasteiger partial charge in [-0.1, -0.05) is 25.5 Å². The standard InChI is InChI=1S/C26H14F10O/c1-2-3-11-4-5-12-8-15(22(31)25(34)19(12)20(11)29)26(35,36)37-18-7-6-14(21(30)24(18)33)13-9-16(27)23(32)17(28)10-13/h4-10H,2-3H2,1H3. The van der Waals surface area contributed by atoms with E-state index in [-0.39, 0.29) is 12.0 Å². The highest BCUT2D eigenvalue weighted by molar-refractivity contribution is 5.85. The lowest BCUT2D eigenvalue weighted by Crippen LogP contribution is -2.25. The summed E-state index contributed by atoms with van der Waals surface area (Å²) in [6.45, 7) is 1.71. The van der Waals surface area contributed by atoms with Crippen molar-refractivity contribution < 1.29 is 48.6 Å². The smallest absolute Gasteiger partial charge is 0.426 e. The van der Waals surface area contributed by atoms with Gasteiger partial charge in [0.05, 0.1) is 5.39 Å². The maximum atomic E-state index is 14.8. The van der Waals surface area contributed by atoms with Gasteiger partial charge >= 0.3 is 6.11 Å². The summed E-state index contributed by atoms with van der Waals surface area (Å²) in [5.74, 6) is -15.9. The van der Waals surface area contributed by atoms with E-state index in [2.05, 4.69) is 4.74 Å². The van der Waals surface area contributed by atoms with Crippen LogP contribution in [0.5, 0.6) is 5.75 Å². The van der Waals surface area contributed by atoms with Crippen LogP contribution in [-0.2, 0) is 12.5 Å². The largest absolute Gasteiger partial charge is 0.429 e. The molecule has 1 nitrogen and oxygen atoms in total. The van der Waals surface area contributed by atoms with Crippen LogP contribution in [-0.4, -0.2) is 0 Å². The van der Waals surface area contributed by atoms with Gasteiger partial charge in [-0.25, -0.2) is 30.7 Å². The van der Waals surface area contributed by atoms with E-state index in [0.29, 0.717) is 36.8 Å². The SMILES string of the molecule is CCCc1ccc2cc(C(F)(F)Oc3ccc(-c4cc(F)c(F)c(F)c4)c(F)c3F)c(F)c(F)c2c1F. The summed E-state index contributed by atoms with van der Waals surface area (Å²) < 4.78 is 147. The van der Waals surface area contributed by atoms with Gasteiger partial charge in [-0.2, -0.15) is 13.2 Å². The van der Waals surface area contributed by atoms with Crippen LogP contribution in [0.2, 0.25) is 0 Å². The maximum absolute atomic E-state index is 14.8. The minimum atomic E-state index is -4.78. The van der Waals surface area contributed by atoms with Crippen LogP contribution in [0.3, 0.4) is 0 Å². The Morgan fingerprint density at radius 3 is 1.95 bits per heavy atom. The van der Waals surface area contributed by atoms with Gasteiger partial charge in [0.2, 0.25) is 5.82 Å². The minimum Gasteiger partial charge on any atom is -0.426 e. The van der Waals surface area contributed by atoms with Crippen molar-refractivity contribution in [2.24, 2.45) is 0 Å². The Labute approximate surface area is 202 Å². The van der Waals surface area contributed by atoms with Crippen LogP contribution >= 0.6 is 0 Å². The number of benzene rings is 4. The molecule has 0 amide bonds. The Hall–Kier alpha value is -3.76. The zero-order valence-electron chi connectivity index (χ0n) is 18.6. The van der Waals surface area contributed by atoms with Gasteiger partial charge in [0.1, 0.15) is 11.4 Å². The minimum absolute atomic E-state index is 0.0441. The fourth-order valence-electron chi connectivity index (χ4n) is 3.84. The Morgan fingerprint density at radius 2 is 1.32 bits per heavy atom. The number of hydrogen-bond donors (Lipinski definition) is 0. The van der Waals surface area contributed by atoms with Crippen molar-refractivity contribution in [3.8, 4) is 16.9 Å². The predicted octanol–water partition coefficient (Wildman–Crippen LogP) is 8.70. The lowest BCUT2D eigenvalue weighted by Gasteiger charge is -2.21. The number of ether oxygens (including phenoxy) is 1. The molecular formula is C26H14F10O. The van der Waals surface area contributed by atoms with Crippen molar-refractivity contribution in [2.75, 3.05) is 0 Å². The van der Waals surface area contributed by atoms with Gasteiger partial charge in [0.15, 0.2) is 40.7 Å². The quantitative estimate of drug-likeness (QED) is 0.178. The second-order valence-corrected chi connectivity index (χ2v) is 8.05. The van der Waals surface area contributed by atoms with Crippen LogP contribution in [0.25, 0.3) is 21.9 Å². The molecule has 0 aliphatic heterocycles. The summed E-state index contributed by atoms with van der Waals surface area (Å²) in [6, 6.07) is 4.50. The zero-order valence-corrected chi connectivity index (χ0v) is 18.6. The van der Waals surface area contributed by atoms with E-state index in [1.165, 1.54) is 6.07 Å². The molecule has 4 aromatic rings. The van der Waals surface area contributed by atoms with Crippen molar-refractivity contribution >= 4 is 10.8 Å². The van der Waals surface area contributed by atoms with Gasteiger partial charge in [-0.15, -0.1) is 0 Å². The number of aryl methyl sites for hydroxylation is 1. The summed E-state index contributed by atoms with van der Waals surface area (Å²) in [7, 11) is 0. The third kappa shape index (κ3) is 4.58. The first-order valence-electron chi connectivity index (χ1n) is 10.7. The first-order chi connectivity index (χ1) is 17.4. The van der Waals surface area contributed by atoms with E-state index in [1.807, 2.05) is 0 Å². The van der Waals surface area contributed by atoms with E-state index in [9.17, 15) is 43.9 Å². The summed E-state index contributed by atoms with van der Waals surface area (Å²) in [5.41, 5.74) is -3.15. The highest BCUT2D eigenvalue weighted by Gasteiger charge is 2.41. The number of alkyl halides is 2. The average molecular weight is 532 g/mol. The summed E-state index contributed by atoms with van der Waals surface area (Å²) in [6.07, 6.45) is -4.12. The molecule has 4 aromatic carbocycles. The van der Waals surface area contributed by atoms with Gasteiger partial charge in [-0.05, 0) is 53.3 Å². The Kier molecular flexibility index (Phi) is 6.83. The molecule has 0 fully saturated rings. The van der Waals surface area contributed by atoms with Crippen molar-refractivity contribution in [1.29, 1.82) is 0 Å². The summed E-state index contributed by atoms with van der Waals surface area (Å²) in [4.78, 5) is 0. The second-order valence-electron chi connectivity index (χ2n) is 8.05. The highest BCUT2D eigenvalue weighted by Crippen LogP contribution is 2.40. The normalized spacial score (nSPS) is 11.9. The molecule has 11 heteroatoms. The van der Waals surface area contributed by atoms with Crippen LogP contribution in [0.1, 0.15) is 24.5 Å². The van der Waals surface area contributed by atoms with Crippen LogP contribution < -0.4 is 4.74 Å². The maximum Gasteiger partial charge on any atom is 0.429 e. The van der Waals surface area contributed by atoms with Crippen LogP contribution in [0.15, 0.2) is 42.5 Å². The van der Waals surface area contributed by atoms with Gasteiger partial charge in [0.25, 0.3) is 0 Å². The third-order valence-corrected chi connectivity index (χ3v) is 5.62. The number of halogens is 10. The zero-order chi connectivity index (χ0) is 27.2. The molecule has 4 rings (SSSR count). The first kappa shape index (κ1) is 26.3. The molecule has 0 unspecified atom stereocenters. The fraction of sp³-hybridized carbons (Fsp3) is 0.154. The number of fused-ring (bicyclic) bond motifs is 1. The molecule has 0 heterocycles. The molecule has 0 aliphatic rings. The summed E-state index contributed by atoms with van der Waals surface area (Å²) >= 11 is 0. The summed E-state index contributed by atoms with van der Waals surface area (Å²) in [5, 5.41) is -1.29. The van der Waals surface area contributed by atoms with Crippen molar-refractivity contribution in [3.63, 3.8) is 0 Å². The molecule has 0 N–H and O–H groups in total. The number of hydrogen-bond acceptors (Lipinski definition) is 1. The monoisotopic (exact) mass is 532 g/mol. The molecule has 0 saturated carbocycles. The molecule has 0 bridgehead atoms. The van der Waals surface area contributed by atoms with Crippen molar-refractivity contribution in [2.45, 2.75) is 25.9 Å². The van der Waals surface area contributed by atoms with E-state index in [1.54, 1.807) is 6.92 Å². The van der Waals surface area contributed by atoms with Gasteiger partial charge in [-0.3, -0.25) is 0 Å². The molecule has 0 spiro atoms. The fourth-order valence-corrected chi connectivity index (χ4v) is 3.84. The van der Waals surface area contributed by atoms with Crippen molar-refractivity contribution in [1.82, 2.24) is 0 Å². The molecule has 194 valence electrons. The molecular weight excluding hydrogens is 518 g/mol. The van der Waals surface area contributed by atoms with Crippen LogP contribution in [0, 0.1) is 46.5 Å². The molecule has 0 atom stereocenters. The van der Waals surface area contributed by atoms with Crippen LogP contribution in [0.4, 0.5) is 43.9 Å². The lowest BCUT2D eigenvalue weighted by molar-refractivity contribution is -0.189. The molecule has 37 heavy (non-hydrogen) atoms. The Bertz CT molecular complexity index is 1510. The topological polar surface area (TPSA) is 9.23 Å². The van der Waals surface area contributed by atoms with E-state index >= 15 is 0 Å². The molecule has 0 aliphatic carbocycles. The first-order valence-corrected chi connectivity index (χ1v) is 10.7. The predicted molar refractivity (Wildman–Crippen MR) is 114 cm³/mol. The third-order valence-electron chi connectivity index (χ3n) is 5.62. The Balaban J connectivity index is 1.75. The molecule has 0 saturated heterocycles. The number of rotatable bonds is 6. The van der Waals surface area contributed by atoms with Crippen molar-refractivity contribution in [3.05, 3.63) is 100 Å². The van der Waals surface area contributed by atoms with E-state index in [0.717, 1.165) is 6.07 Å². The average Bonchev–Trinajstić information content (AvgIpc) is 2.84. The van der Waals surface area contributed by atoms with E-state index < -0.39 is 85.9 Å². The van der Waals surface area contributed by atoms with E-state index in [4.69, 9.17) is 0 Å². The van der Waals surface area contributed by atoms with Gasteiger partial charge in [0, 0.05) is 5.56 Å². The highest BCUT2D eigenvalue weighted by atomic mass is 19.3. The Morgan fingerprint density at radius 1 is 0.676 bits per heavy atom. The lowest BCUT2D eigenvalue weighted by atomic mass is 9.99. The molecule has 0 aromatic heterocycles. The second kappa shape index (κ2) is 9.60.